The Balaban J connectivity index is 1.99. The maximum absolute atomic E-state index is 12.2. The number of benzene rings is 1. The molecule has 0 saturated carbocycles. The van der Waals surface area contributed by atoms with Gasteiger partial charge in [-0.15, -0.1) is 11.8 Å². The molecule has 3 rings (SSSR count). The van der Waals surface area contributed by atoms with E-state index in [4.69, 9.17) is 11.6 Å². The lowest BCUT2D eigenvalue weighted by atomic mass is 10.2. The first kappa shape index (κ1) is 11.8. The topological polar surface area (TPSA) is 33.2 Å². The van der Waals surface area contributed by atoms with Crippen molar-refractivity contribution in [2.75, 3.05) is 18.2 Å². The van der Waals surface area contributed by atoms with Gasteiger partial charge in [-0.3, -0.25) is 4.79 Å². The number of nitrogens with zero attached hydrogens (tertiary/aromatic N) is 2. The van der Waals surface area contributed by atoms with E-state index in [1.54, 1.807) is 23.9 Å². The Labute approximate surface area is 114 Å². The van der Waals surface area contributed by atoms with Gasteiger partial charge >= 0.3 is 0 Å². The molecule has 0 radical (unpaired) electrons. The van der Waals surface area contributed by atoms with Crippen LogP contribution in [0, 0.1) is 0 Å². The number of thioether (sulfide) groups is 1. The second kappa shape index (κ2) is 4.78. The fourth-order valence-electron chi connectivity index (χ4n) is 1.95. The molecule has 0 N–H and O–H groups in total. The summed E-state index contributed by atoms with van der Waals surface area (Å²) in [6.45, 7) is 0.804. The van der Waals surface area contributed by atoms with Crippen LogP contribution < -0.4 is 0 Å². The Morgan fingerprint density at radius 2 is 2.17 bits per heavy atom. The van der Waals surface area contributed by atoms with Crippen molar-refractivity contribution in [3.05, 3.63) is 41.0 Å². The second-order valence-electron chi connectivity index (χ2n) is 4.14. The second-order valence-corrected chi connectivity index (χ2v) is 5.65. The van der Waals surface area contributed by atoms with Gasteiger partial charge in [-0.05, 0) is 18.2 Å². The summed E-state index contributed by atoms with van der Waals surface area (Å²) < 4.78 is 0. The molecule has 1 aromatic heterocycles. The average molecular weight is 279 g/mol. The van der Waals surface area contributed by atoms with Gasteiger partial charge in [0.25, 0.3) is 5.91 Å². The number of halogens is 1. The Bertz CT molecular complexity index is 611. The van der Waals surface area contributed by atoms with E-state index in [9.17, 15) is 4.79 Å². The van der Waals surface area contributed by atoms with Crippen molar-refractivity contribution in [2.24, 2.45) is 0 Å². The zero-order valence-electron chi connectivity index (χ0n) is 9.60. The molecule has 0 bridgehead atoms. The summed E-state index contributed by atoms with van der Waals surface area (Å²) in [4.78, 5) is 18.4. The molecule has 1 aliphatic rings. The fourth-order valence-corrected chi connectivity index (χ4v) is 3.06. The highest BCUT2D eigenvalue weighted by Crippen LogP contribution is 2.20. The van der Waals surface area contributed by atoms with Gasteiger partial charge in [0.15, 0.2) is 0 Å². The van der Waals surface area contributed by atoms with Crippen LogP contribution >= 0.6 is 23.4 Å². The molecule has 1 saturated heterocycles. The molecule has 1 aromatic carbocycles. The lowest BCUT2D eigenvalue weighted by Crippen LogP contribution is -2.28. The third-order valence-electron chi connectivity index (χ3n) is 2.91. The standard InChI is InChI=1S/C13H11ClN2OS/c14-10-3-1-9-2-4-11(15-12(9)7-10)13(17)16-5-6-18-8-16/h1-4,7H,5-6,8H2. The quantitative estimate of drug-likeness (QED) is 0.804. The predicted molar refractivity (Wildman–Crippen MR) is 75.1 cm³/mol. The molecule has 2 heterocycles. The number of carbonyl (C=O) groups is 1. The Morgan fingerprint density at radius 3 is 2.94 bits per heavy atom. The maximum atomic E-state index is 12.2. The summed E-state index contributed by atoms with van der Waals surface area (Å²) in [6, 6.07) is 9.21. The average Bonchev–Trinajstić information content (AvgIpc) is 2.90. The van der Waals surface area contributed by atoms with Gasteiger partial charge in [-0.2, -0.15) is 0 Å². The van der Waals surface area contributed by atoms with Crippen molar-refractivity contribution in [1.29, 1.82) is 0 Å². The molecule has 0 atom stereocenters. The van der Waals surface area contributed by atoms with E-state index in [1.807, 2.05) is 23.1 Å². The number of hydrogen-bond acceptors (Lipinski definition) is 3. The van der Waals surface area contributed by atoms with Crippen LogP contribution in [-0.2, 0) is 0 Å². The summed E-state index contributed by atoms with van der Waals surface area (Å²) >= 11 is 7.71. The molecule has 2 aromatic rings. The normalized spacial score (nSPS) is 15.3. The van der Waals surface area contributed by atoms with E-state index in [-0.39, 0.29) is 5.91 Å². The monoisotopic (exact) mass is 278 g/mol. The first-order valence-corrected chi connectivity index (χ1v) is 7.21. The molecule has 0 spiro atoms. The highest BCUT2D eigenvalue weighted by atomic mass is 35.5. The smallest absolute Gasteiger partial charge is 0.273 e. The van der Waals surface area contributed by atoms with Crippen LogP contribution in [0.3, 0.4) is 0 Å². The van der Waals surface area contributed by atoms with E-state index in [1.165, 1.54) is 0 Å². The Kier molecular flexibility index (Phi) is 3.14. The molecular formula is C13H11ClN2OS. The molecule has 0 aliphatic carbocycles. The Hall–Kier alpha value is -1.26. The zero-order chi connectivity index (χ0) is 12.5. The van der Waals surface area contributed by atoms with Gasteiger partial charge in [-0.25, -0.2) is 4.98 Å². The summed E-state index contributed by atoms with van der Waals surface area (Å²) in [6.07, 6.45) is 0. The summed E-state index contributed by atoms with van der Waals surface area (Å²) in [5.41, 5.74) is 1.26. The molecule has 1 amide bonds. The van der Waals surface area contributed by atoms with E-state index >= 15 is 0 Å². The van der Waals surface area contributed by atoms with Crippen LogP contribution in [0.5, 0.6) is 0 Å². The largest absolute Gasteiger partial charge is 0.327 e. The van der Waals surface area contributed by atoms with E-state index < -0.39 is 0 Å². The third-order valence-corrected chi connectivity index (χ3v) is 4.11. The number of carbonyl (C=O) groups excluding carboxylic acids is 1. The van der Waals surface area contributed by atoms with Crippen LogP contribution in [0.25, 0.3) is 10.9 Å². The van der Waals surface area contributed by atoms with Gasteiger partial charge in [0.2, 0.25) is 0 Å². The van der Waals surface area contributed by atoms with Crippen molar-refractivity contribution < 1.29 is 4.79 Å². The molecular weight excluding hydrogens is 268 g/mol. The first-order valence-electron chi connectivity index (χ1n) is 5.67. The number of amides is 1. The van der Waals surface area contributed by atoms with Gasteiger partial charge in [-0.1, -0.05) is 23.7 Å². The zero-order valence-corrected chi connectivity index (χ0v) is 11.2. The number of rotatable bonds is 1. The summed E-state index contributed by atoms with van der Waals surface area (Å²) in [5.74, 6) is 1.76. The number of hydrogen-bond donors (Lipinski definition) is 0. The lowest BCUT2D eigenvalue weighted by Gasteiger charge is -2.13. The lowest BCUT2D eigenvalue weighted by molar-refractivity contribution is 0.0797. The molecule has 5 heteroatoms. The number of pyridine rings is 1. The van der Waals surface area contributed by atoms with Crippen LogP contribution in [-0.4, -0.2) is 34.0 Å². The van der Waals surface area contributed by atoms with Crippen molar-refractivity contribution in [3.8, 4) is 0 Å². The molecule has 1 fully saturated rings. The minimum atomic E-state index is 0.00174. The molecule has 18 heavy (non-hydrogen) atoms. The van der Waals surface area contributed by atoms with Crippen molar-refractivity contribution >= 4 is 40.2 Å². The van der Waals surface area contributed by atoms with Crippen LogP contribution in [0.15, 0.2) is 30.3 Å². The fraction of sp³-hybridized carbons (Fsp3) is 0.231. The minimum absolute atomic E-state index is 0.00174. The van der Waals surface area contributed by atoms with Gasteiger partial charge in [0, 0.05) is 22.7 Å². The molecule has 92 valence electrons. The highest BCUT2D eigenvalue weighted by molar-refractivity contribution is 7.99. The summed E-state index contributed by atoms with van der Waals surface area (Å²) in [5, 5.41) is 1.63. The Morgan fingerprint density at radius 1 is 1.33 bits per heavy atom. The maximum Gasteiger partial charge on any atom is 0.273 e. The molecule has 0 unspecified atom stereocenters. The van der Waals surface area contributed by atoms with Gasteiger partial charge in [0.05, 0.1) is 11.4 Å². The van der Waals surface area contributed by atoms with Crippen LogP contribution in [0.2, 0.25) is 5.02 Å². The first-order chi connectivity index (χ1) is 8.74. The number of aromatic nitrogens is 1. The van der Waals surface area contributed by atoms with Crippen LogP contribution in [0.1, 0.15) is 10.5 Å². The minimum Gasteiger partial charge on any atom is -0.327 e. The van der Waals surface area contributed by atoms with Crippen molar-refractivity contribution in [3.63, 3.8) is 0 Å². The molecule has 1 aliphatic heterocycles. The van der Waals surface area contributed by atoms with E-state index in [2.05, 4.69) is 4.98 Å². The summed E-state index contributed by atoms with van der Waals surface area (Å²) in [7, 11) is 0. The highest BCUT2D eigenvalue weighted by Gasteiger charge is 2.20. The van der Waals surface area contributed by atoms with Gasteiger partial charge < -0.3 is 4.90 Å². The van der Waals surface area contributed by atoms with Crippen molar-refractivity contribution in [1.82, 2.24) is 9.88 Å². The third kappa shape index (κ3) is 2.18. The van der Waals surface area contributed by atoms with Crippen molar-refractivity contribution in [2.45, 2.75) is 0 Å². The SMILES string of the molecule is O=C(c1ccc2ccc(Cl)cc2n1)N1CCSC1. The van der Waals surface area contributed by atoms with Crippen LogP contribution in [0.4, 0.5) is 0 Å². The van der Waals surface area contributed by atoms with E-state index in [0.717, 1.165) is 29.1 Å². The van der Waals surface area contributed by atoms with Gasteiger partial charge in [0.1, 0.15) is 5.69 Å². The molecule has 3 nitrogen and oxygen atoms in total. The van der Waals surface area contributed by atoms with E-state index in [0.29, 0.717) is 10.7 Å². The number of fused-ring (bicyclic) bond motifs is 1. The predicted octanol–water partition coefficient (Wildman–Crippen LogP) is 3.03.